The fourth-order valence-electron chi connectivity index (χ4n) is 1.60. The van der Waals surface area contributed by atoms with Gasteiger partial charge in [0.1, 0.15) is 13.3 Å². The van der Waals surface area contributed by atoms with Gasteiger partial charge in [-0.25, -0.2) is 18.7 Å². The minimum absolute atomic E-state index is 0.0956. The van der Waals surface area contributed by atoms with E-state index in [-0.39, 0.29) is 11.4 Å². The molecule has 0 aliphatic carbocycles. The predicted octanol–water partition coefficient (Wildman–Crippen LogP) is 3.19. The molecule has 1 aromatic heterocycles. The molecule has 0 saturated carbocycles. The summed E-state index contributed by atoms with van der Waals surface area (Å²) in [6, 6.07) is 3.69. The Kier molecular flexibility index (Phi) is 2.81. The number of fused-ring (bicyclic) bond motifs is 1. The SMILES string of the molecule is Cc1cc2nc(CF)c(CF)nc2cc1C. The summed E-state index contributed by atoms with van der Waals surface area (Å²) < 4.78 is 25.2. The van der Waals surface area contributed by atoms with Gasteiger partial charge in [0, 0.05) is 0 Å². The lowest BCUT2D eigenvalue weighted by Gasteiger charge is -2.06. The van der Waals surface area contributed by atoms with Crippen molar-refractivity contribution in [3.05, 3.63) is 34.6 Å². The Bertz CT molecular complexity index is 490. The van der Waals surface area contributed by atoms with E-state index < -0.39 is 13.3 Å². The number of hydrogen-bond donors (Lipinski definition) is 0. The minimum Gasteiger partial charge on any atom is -0.246 e. The van der Waals surface area contributed by atoms with Crippen molar-refractivity contribution in [2.24, 2.45) is 0 Å². The van der Waals surface area contributed by atoms with E-state index in [9.17, 15) is 8.78 Å². The van der Waals surface area contributed by atoms with E-state index in [0.717, 1.165) is 11.1 Å². The van der Waals surface area contributed by atoms with Gasteiger partial charge < -0.3 is 0 Å². The maximum absolute atomic E-state index is 12.6. The molecule has 0 bridgehead atoms. The molecule has 0 saturated heterocycles. The lowest BCUT2D eigenvalue weighted by molar-refractivity contribution is 0.440. The number of rotatable bonds is 2. The molecule has 2 rings (SSSR count). The molecule has 0 fully saturated rings. The quantitative estimate of drug-likeness (QED) is 0.779. The summed E-state index contributed by atoms with van der Waals surface area (Å²) >= 11 is 0. The van der Waals surface area contributed by atoms with Gasteiger partial charge in [0.05, 0.1) is 22.4 Å². The van der Waals surface area contributed by atoms with Gasteiger partial charge in [-0.2, -0.15) is 0 Å². The number of nitrogens with zero attached hydrogens (tertiary/aromatic N) is 2. The van der Waals surface area contributed by atoms with Gasteiger partial charge in [0.2, 0.25) is 0 Å². The summed E-state index contributed by atoms with van der Waals surface area (Å²) in [5.41, 5.74) is 3.57. The third-order valence-electron chi connectivity index (χ3n) is 2.69. The average Bonchev–Trinajstić information content (AvgIpc) is 2.29. The summed E-state index contributed by atoms with van der Waals surface area (Å²) in [5, 5.41) is 0. The standard InChI is InChI=1S/C12H12F2N2/c1-7-3-9-10(4-8(7)2)16-12(6-14)11(5-13)15-9/h3-4H,5-6H2,1-2H3. The molecule has 0 unspecified atom stereocenters. The minimum atomic E-state index is -0.783. The molecule has 4 heteroatoms. The summed E-state index contributed by atoms with van der Waals surface area (Å²) in [6.45, 7) is 2.34. The highest BCUT2D eigenvalue weighted by Gasteiger charge is 2.09. The molecule has 0 aliphatic heterocycles. The molecule has 84 valence electrons. The van der Waals surface area contributed by atoms with E-state index >= 15 is 0 Å². The number of aromatic nitrogens is 2. The van der Waals surface area contributed by atoms with Gasteiger partial charge >= 0.3 is 0 Å². The molecular formula is C12H12F2N2. The van der Waals surface area contributed by atoms with Crippen molar-refractivity contribution in [1.82, 2.24) is 9.97 Å². The molecule has 2 nitrogen and oxygen atoms in total. The second kappa shape index (κ2) is 4.12. The van der Waals surface area contributed by atoms with Crippen LogP contribution in [0.15, 0.2) is 12.1 Å². The van der Waals surface area contributed by atoms with Gasteiger partial charge in [-0.3, -0.25) is 0 Å². The molecule has 0 aliphatic rings. The summed E-state index contributed by atoms with van der Waals surface area (Å²) in [6.07, 6.45) is 0. The Balaban J connectivity index is 2.73. The van der Waals surface area contributed by atoms with Gasteiger partial charge in [-0.1, -0.05) is 0 Å². The van der Waals surface area contributed by atoms with Crippen LogP contribution in [0.1, 0.15) is 22.5 Å². The first-order chi connectivity index (χ1) is 7.65. The molecule has 1 aromatic carbocycles. The molecular weight excluding hydrogens is 210 g/mol. The van der Waals surface area contributed by atoms with Gasteiger partial charge in [0.25, 0.3) is 0 Å². The normalized spacial score (nSPS) is 11.0. The molecule has 1 heterocycles. The van der Waals surface area contributed by atoms with Gasteiger partial charge in [-0.05, 0) is 37.1 Å². The van der Waals surface area contributed by atoms with E-state index in [1.165, 1.54) is 0 Å². The van der Waals surface area contributed by atoms with E-state index in [4.69, 9.17) is 0 Å². The highest BCUT2D eigenvalue weighted by molar-refractivity contribution is 5.76. The Hall–Kier alpha value is -1.58. The maximum atomic E-state index is 12.6. The van der Waals surface area contributed by atoms with Crippen LogP contribution in [0.2, 0.25) is 0 Å². The smallest absolute Gasteiger partial charge is 0.133 e. The second-order valence-corrected chi connectivity index (χ2v) is 3.81. The van der Waals surface area contributed by atoms with Crippen LogP contribution in [0.4, 0.5) is 8.78 Å². The van der Waals surface area contributed by atoms with Crippen LogP contribution in [0.5, 0.6) is 0 Å². The third kappa shape index (κ3) is 1.75. The predicted molar refractivity (Wildman–Crippen MR) is 58.6 cm³/mol. The first-order valence-corrected chi connectivity index (χ1v) is 5.04. The summed E-state index contributed by atoms with van der Waals surface area (Å²) in [4.78, 5) is 8.18. The number of benzene rings is 1. The lowest BCUT2D eigenvalue weighted by atomic mass is 10.1. The Morgan fingerprint density at radius 2 is 1.25 bits per heavy atom. The van der Waals surface area contributed by atoms with Crippen molar-refractivity contribution in [3.63, 3.8) is 0 Å². The fourth-order valence-corrected chi connectivity index (χ4v) is 1.60. The molecule has 0 radical (unpaired) electrons. The van der Waals surface area contributed by atoms with Gasteiger partial charge in [-0.15, -0.1) is 0 Å². The molecule has 2 aromatic rings. The van der Waals surface area contributed by atoms with Crippen LogP contribution < -0.4 is 0 Å². The fraction of sp³-hybridized carbons (Fsp3) is 0.333. The van der Waals surface area contributed by atoms with Crippen LogP contribution in [-0.2, 0) is 13.3 Å². The lowest BCUT2D eigenvalue weighted by Crippen LogP contribution is -2.00. The van der Waals surface area contributed by atoms with Crippen LogP contribution in [0.25, 0.3) is 11.0 Å². The van der Waals surface area contributed by atoms with Crippen molar-refractivity contribution < 1.29 is 8.78 Å². The first-order valence-electron chi connectivity index (χ1n) is 5.04. The molecule has 0 amide bonds. The molecule has 16 heavy (non-hydrogen) atoms. The van der Waals surface area contributed by atoms with Crippen LogP contribution in [-0.4, -0.2) is 9.97 Å². The van der Waals surface area contributed by atoms with Crippen molar-refractivity contribution in [2.45, 2.75) is 27.2 Å². The first kappa shape index (κ1) is 10.9. The highest BCUT2D eigenvalue weighted by atomic mass is 19.1. The Morgan fingerprint density at radius 1 is 0.875 bits per heavy atom. The zero-order chi connectivity index (χ0) is 11.7. The molecule has 0 N–H and O–H groups in total. The zero-order valence-corrected chi connectivity index (χ0v) is 9.22. The third-order valence-corrected chi connectivity index (χ3v) is 2.69. The highest BCUT2D eigenvalue weighted by Crippen LogP contribution is 2.19. The topological polar surface area (TPSA) is 25.8 Å². The largest absolute Gasteiger partial charge is 0.246 e. The van der Waals surface area contributed by atoms with E-state index in [0.29, 0.717) is 11.0 Å². The number of hydrogen-bond acceptors (Lipinski definition) is 2. The van der Waals surface area contributed by atoms with Crippen molar-refractivity contribution in [2.75, 3.05) is 0 Å². The summed E-state index contributed by atoms with van der Waals surface area (Å²) in [5.74, 6) is 0. The van der Waals surface area contributed by atoms with Gasteiger partial charge in [0.15, 0.2) is 0 Å². The van der Waals surface area contributed by atoms with Crippen LogP contribution in [0.3, 0.4) is 0 Å². The second-order valence-electron chi connectivity index (χ2n) is 3.81. The Labute approximate surface area is 92.3 Å². The molecule has 0 atom stereocenters. The summed E-state index contributed by atoms with van der Waals surface area (Å²) in [7, 11) is 0. The van der Waals surface area contributed by atoms with Crippen molar-refractivity contribution in [3.8, 4) is 0 Å². The maximum Gasteiger partial charge on any atom is 0.133 e. The van der Waals surface area contributed by atoms with Crippen LogP contribution >= 0.6 is 0 Å². The number of halogens is 2. The zero-order valence-electron chi connectivity index (χ0n) is 9.22. The van der Waals surface area contributed by atoms with Crippen LogP contribution in [0, 0.1) is 13.8 Å². The van der Waals surface area contributed by atoms with Crippen molar-refractivity contribution >= 4 is 11.0 Å². The van der Waals surface area contributed by atoms with E-state index in [1.807, 2.05) is 26.0 Å². The van der Waals surface area contributed by atoms with Crippen molar-refractivity contribution in [1.29, 1.82) is 0 Å². The number of alkyl halides is 2. The molecule has 0 spiro atoms. The monoisotopic (exact) mass is 222 g/mol. The average molecular weight is 222 g/mol. The van der Waals surface area contributed by atoms with E-state index in [1.54, 1.807) is 0 Å². The van der Waals surface area contributed by atoms with E-state index in [2.05, 4.69) is 9.97 Å². The Morgan fingerprint density at radius 3 is 1.56 bits per heavy atom. The number of aryl methyl sites for hydroxylation is 2.